The maximum absolute atomic E-state index is 6.35. The van der Waals surface area contributed by atoms with Crippen molar-refractivity contribution in [1.29, 1.82) is 0 Å². The van der Waals surface area contributed by atoms with E-state index in [1.165, 1.54) is 0 Å². The van der Waals surface area contributed by atoms with Crippen LogP contribution in [0.3, 0.4) is 0 Å². The first-order chi connectivity index (χ1) is 11.7. The van der Waals surface area contributed by atoms with Gasteiger partial charge in [-0.25, -0.2) is 0 Å². The molecule has 2 heterocycles. The minimum absolute atomic E-state index is 0.000822. The molecule has 0 radical (unpaired) electrons. The summed E-state index contributed by atoms with van der Waals surface area (Å²) in [4.78, 5) is 0. The van der Waals surface area contributed by atoms with Crippen molar-refractivity contribution in [3.8, 4) is 17.2 Å². The average Bonchev–Trinajstić information content (AvgIpc) is 3.06. The number of fused-ring (bicyclic) bond motifs is 3. The number of ether oxygens (including phenoxy) is 3. The molecule has 2 aliphatic rings. The largest absolute Gasteiger partial charge is 0.496 e. The van der Waals surface area contributed by atoms with E-state index in [2.05, 4.69) is 30.9 Å². The van der Waals surface area contributed by atoms with Crippen molar-refractivity contribution in [2.45, 2.75) is 25.6 Å². The van der Waals surface area contributed by atoms with Crippen LogP contribution in [-0.4, -0.2) is 13.2 Å². The lowest BCUT2D eigenvalue weighted by atomic mass is 9.98. The SMILES string of the molecule is C=C(C)[C@@H]1Cc2c(cc(OC)c3c2O[C@@H](c2ccccc2)C=C3)O1. The topological polar surface area (TPSA) is 27.7 Å². The van der Waals surface area contributed by atoms with E-state index in [1.807, 2.05) is 31.2 Å². The summed E-state index contributed by atoms with van der Waals surface area (Å²) in [5, 5.41) is 0. The Morgan fingerprint density at radius 2 is 2.00 bits per heavy atom. The second kappa shape index (κ2) is 5.75. The van der Waals surface area contributed by atoms with E-state index >= 15 is 0 Å². The Balaban J connectivity index is 1.77. The molecule has 2 aliphatic heterocycles. The van der Waals surface area contributed by atoms with Crippen molar-refractivity contribution in [3.63, 3.8) is 0 Å². The molecule has 3 heteroatoms. The lowest BCUT2D eigenvalue weighted by Gasteiger charge is -2.25. The van der Waals surface area contributed by atoms with E-state index < -0.39 is 0 Å². The molecule has 0 amide bonds. The smallest absolute Gasteiger partial charge is 0.142 e. The van der Waals surface area contributed by atoms with Crippen molar-refractivity contribution in [2.24, 2.45) is 0 Å². The Morgan fingerprint density at radius 3 is 2.71 bits per heavy atom. The molecule has 3 nitrogen and oxygen atoms in total. The number of hydrogen-bond donors (Lipinski definition) is 0. The van der Waals surface area contributed by atoms with E-state index in [-0.39, 0.29) is 12.2 Å². The Morgan fingerprint density at radius 1 is 1.21 bits per heavy atom. The number of rotatable bonds is 3. The predicted octanol–water partition coefficient (Wildman–Crippen LogP) is 4.72. The minimum Gasteiger partial charge on any atom is -0.496 e. The molecule has 0 aromatic heterocycles. The molecule has 2 aromatic rings. The summed E-state index contributed by atoms with van der Waals surface area (Å²) in [5.74, 6) is 2.47. The lowest BCUT2D eigenvalue weighted by Crippen LogP contribution is -2.14. The van der Waals surface area contributed by atoms with Gasteiger partial charge in [0.05, 0.1) is 12.7 Å². The van der Waals surface area contributed by atoms with E-state index in [9.17, 15) is 0 Å². The molecule has 2 aromatic carbocycles. The van der Waals surface area contributed by atoms with Crippen molar-refractivity contribution in [1.82, 2.24) is 0 Å². The van der Waals surface area contributed by atoms with Gasteiger partial charge in [-0.1, -0.05) is 36.9 Å². The van der Waals surface area contributed by atoms with Crippen LogP contribution in [0, 0.1) is 0 Å². The van der Waals surface area contributed by atoms with Crippen molar-refractivity contribution in [3.05, 3.63) is 71.3 Å². The van der Waals surface area contributed by atoms with Crippen LogP contribution in [0.1, 0.15) is 29.7 Å². The molecule has 24 heavy (non-hydrogen) atoms. The molecule has 4 rings (SSSR count). The van der Waals surface area contributed by atoms with Gasteiger partial charge in [-0.2, -0.15) is 0 Å². The average molecular weight is 320 g/mol. The van der Waals surface area contributed by atoms with Gasteiger partial charge in [0, 0.05) is 18.1 Å². The van der Waals surface area contributed by atoms with Gasteiger partial charge in [0.15, 0.2) is 0 Å². The first-order valence-electron chi connectivity index (χ1n) is 8.13. The summed E-state index contributed by atoms with van der Waals surface area (Å²) in [7, 11) is 1.67. The van der Waals surface area contributed by atoms with Crippen LogP contribution in [0.5, 0.6) is 17.2 Å². The first kappa shape index (κ1) is 14.9. The van der Waals surface area contributed by atoms with Gasteiger partial charge in [0.25, 0.3) is 0 Å². The maximum atomic E-state index is 6.35. The van der Waals surface area contributed by atoms with Crippen molar-refractivity contribution in [2.75, 3.05) is 7.11 Å². The van der Waals surface area contributed by atoms with Crippen molar-refractivity contribution >= 4 is 6.08 Å². The highest BCUT2D eigenvalue weighted by Crippen LogP contribution is 2.48. The Labute approximate surface area is 142 Å². The molecular formula is C21H20O3. The molecule has 0 fully saturated rings. The van der Waals surface area contributed by atoms with E-state index in [4.69, 9.17) is 14.2 Å². The Kier molecular flexibility index (Phi) is 3.57. The zero-order chi connectivity index (χ0) is 16.7. The number of benzene rings is 2. The summed E-state index contributed by atoms with van der Waals surface area (Å²) in [6.07, 6.45) is 4.84. The normalized spacial score (nSPS) is 20.6. The van der Waals surface area contributed by atoms with Gasteiger partial charge >= 0.3 is 0 Å². The highest BCUT2D eigenvalue weighted by molar-refractivity contribution is 5.72. The van der Waals surface area contributed by atoms with Crippen LogP contribution >= 0.6 is 0 Å². The summed E-state index contributed by atoms with van der Waals surface area (Å²) >= 11 is 0. The second-order valence-corrected chi connectivity index (χ2v) is 6.26. The lowest BCUT2D eigenvalue weighted by molar-refractivity contribution is 0.247. The van der Waals surface area contributed by atoms with Crippen molar-refractivity contribution < 1.29 is 14.2 Å². The highest BCUT2D eigenvalue weighted by Gasteiger charge is 2.32. The minimum atomic E-state index is -0.0983. The Bertz CT molecular complexity index is 821. The molecule has 2 atom stereocenters. The zero-order valence-corrected chi connectivity index (χ0v) is 13.9. The fourth-order valence-electron chi connectivity index (χ4n) is 3.26. The molecule has 0 spiro atoms. The monoisotopic (exact) mass is 320 g/mol. The summed E-state index contributed by atoms with van der Waals surface area (Å²) < 4.78 is 17.9. The van der Waals surface area contributed by atoms with Gasteiger partial charge < -0.3 is 14.2 Å². The number of methoxy groups -OCH3 is 1. The molecule has 0 unspecified atom stereocenters. The van der Waals surface area contributed by atoms with Crippen LogP contribution in [0.4, 0.5) is 0 Å². The predicted molar refractivity (Wildman–Crippen MR) is 94.8 cm³/mol. The van der Waals surface area contributed by atoms with E-state index in [1.54, 1.807) is 7.11 Å². The Hall–Kier alpha value is -2.68. The van der Waals surface area contributed by atoms with Gasteiger partial charge in [0.2, 0.25) is 0 Å². The van der Waals surface area contributed by atoms with Crippen LogP contribution in [0.2, 0.25) is 0 Å². The fraction of sp³-hybridized carbons (Fsp3) is 0.238. The van der Waals surface area contributed by atoms with Crippen LogP contribution in [-0.2, 0) is 6.42 Å². The van der Waals surface area contributed by atoms with Crippen LogP contribution in [0.25, 0.3) is 6.08 Å². The zero-order valence-electron chi connectivity index (χ0n) is 13.9. The van der Waals surface area contributed by atoms with Gasteiger partial charge in [-0.15, -0.1) is 0 Å². The molecule has 0 saturated heterocycles. The van der Waals surface area contributed by atoms with Crippen LogP contribution in [0.15, 0.2) is 54.6 Å². The molecule has 0 aliphatic carbocycles. The van der Waals surface area contributed by atoms with Gasteiger partial charge in [0.1, 0.15) is 29.5 Å². The highest BCUT2D eigenvalue weighted by atomic mass is 16.5. The molecule has 0 saturated carbocycles. The third-order valence-electron chi connectivity index (χ3n) is 4.58. The standard InChI is InChI=1S/C21H20O3/c1-13(2)18-11-16-20(23-18)12-19(22-3)15-9-10-17(24-21(15)16)14-7-5-4-6-8-14/h4-10,12,17-18H,1,11H2,2-3H3/t17-,18+/m1/s1. The molecule has 122 valence electrons. The molecule has 0 N–H and O–H groups in total. The third-order valence-corrected chi connectivity index (χ3v) is 4.58. The summed E-state index contributed by atoms with van der Waals surface area (Å²) in [5.41, 5.74) is 4.23. The molecule has 0 bridgehead atoms. The van der Waals surface area contributed by atoms with Gasteiger partial charge in [-0.05, 0) is 30.2 Å². The fourth-order valence-corrected chi connectivity index (χ4v) is 3.26. The third kappa shape index (κ3) is 2.37. The van der Waals surface area contributed by atoms with E-state index in [0.717, 1.165) is 45.9 Å². The molecular weight excluding hydrogens is 300 g/mol. The summed E-state index contributed by atoms with van der Waals surface area (Å²) in [6, 6.07) is 12.2. The van der Waals surface area contributed by atoms with Crippen LogP contribution < -0.4 is 14.2 Å². The van der Waals surface area contributed by atoms with Gasteiger partial charge in [-0.3, -0.25) is 0 Å². The first-order valence-corrected chi connectivity index (χ1v) is 8.13. The second-order valence-electron chi connectivity index (χ2n) is 6.26. The maximum Gasteiger partial charge on any atom is 0.142 e. The van der Waals surface area contributed by atoms with E-state index in [0.29, 0.717) is 0 Å². The quantitative estimate of drug-likeness (QED) is 0.766. The number of hydrogen-bond acceptors (Lipinski definition) is 3. The summed E-state index contributed by atoms with van der Waals surface area (Å²) in [6.45, 7) is 6.02.